The predicted molar refractivity (Wildman–Crippen MR) is 151 cm³/mol. The summed E-state index contributed by atoms with van der Waals surface area (Å²) in [4.78, 5) is 31.4. The van der Waals surface area contributed by atoms with Crippen LogP contribution in [-0.4, -0.2) is 42.5 Å². The first-order valence-electron chi connectivity index (χ1n) is 13.4. The molecule has 2 atom stereocenters. The second-order valence-corrected chi connectivity index (χ2v) is 11.4. The van der Waals surface area contributed by atoms with Crippen molar-refractivity contribution in [3.63, 3.8) is 0 Å². The monoisotopic (exact) mass is 533 g/mol. The van der Waals surface area contributed by atoms with Crippen molar-refractivity contribution in [3.05, 3.63) is 64.7 Å². The van der Waals surface area contributed by atoms with Crippen molar-refractivity contribution >= 4 is 33.8 Å². The lowest BCUT2D eigenvalue weighted by Gasteiger charge is -2.20. The summed E-state index contributed by atoms with van der Waals surface area (Å²) in [7, 11) is 0. The number of aryl methyl sites for hydroxylation is 1. The average Bonchev–Trinajstić information content (AvgIpc) is 3.50. The normalized spacial score (nSPS) is 17.8. The molecule has 2 heterocycles. The van der Waals surface area contributed by atoms with E-state index in [1.54, 1.807) is 6.92 Å². The number of rotatable bonds is 11. The van der Waals surface area contributed by atoms with E-state index < -0.39 is 0 Å². The number of ketones is 1. The van der Waals surface area contributed by atoms with Crippen molar-refractivity contribution < 1.29 is 19.1 Å². The Kier molecular flexibility index (Phi) is 7.98. The molecular weight excluding hydrogens is 498 g/mol. The Morgan fingerprint density at radius 1 is 1.08 bits per heavy atom. The van der Waals surface area contributed by atoms with Crippen LogP contribution in [0.25, 0.3) is 0 Å². The molecule has 1 unspecified atom stereocenters. The highest BCUT2D eigenvalue weighted by Crippen LogP contribution is 2.31. The molecule has 8 heteroatoms. The molecule has 7 nitrogen and oxygen atoms in total. The maximum Gasteiger partial charge on any atom is 0.223 e. The van der Waals surface area contributed by atoms with Crippen molar-refractivity contribution in [1.29, 1.82) is 0 Å². The Bertz CT molecular complexity index is 1270. The minimum absolute atomic E-state index is 0.0398. The number of aromatic nitrogens is 1. The molecule has 0 spiro atoms. The van der Waals surface area contributed by atoms with Crippen molar-refractivity contribution in [2.24, 2.45) is 5.92 Å². The van der Waals surface area contributed by atoms with Gasteiger partial charge in [0.2, 0.25) is 5.91 Å². The zero-order valence-electron chi connectivity index (χ0n) is 22.2. The second-order valence-electron chi connectivity index (χ2n) is 10.4. The van der Waals surface area contributed by atoms with E-state index in [-0.39, 0.29) is 23.7 Å². The molecule has 1 aromatic heterocycles. The number of anilines is 2. The van der Waals surface area contributed by atoms with Gasteiger partial charge in [-0.25, -0.2) is 4.98 Å². The summed E-state index contributed by atoms with van der Waals surface area (Å²) in [5.41, 5.74) is 2.94. The largest absolute Gasteiger partial charge is 0.493 e. The van der Waals surface area contributed by atoms with Crippen LogP contribution in [0.4, 0.5) is 10.8 Å². The van der Waals surface area contributed by atoms with Gasteiger partial charge in [-0.05, 0) is 73.6 Å². The molecule has 1 aliphatic heterocycles. The molecule has 2 aliphatic rings. The third-order valence-corrected chi connectivity index (χ3v) is 8.22. The standard InChI is InChI=1S/C30H35N3O4S/c1-19(16-28(35)29-20(2)31-30(38-29)32-21(3)34)23-6-10-26(11-7-23)37-27-14-15-33(17-27)24-8-12-25(13-9-24)36-18-22-4-5-22/h6-13,19,22,27H,4-5,14-18H2,1-3H3,(H,31,32,34)/t19-,27?/m1/s1. The highest BCUT2D eigenvalue weighted by molar-refractivity contribution is 7.17. The number of thiazole rings is 1. The number of nitrogens with zero attached hydrogens (tertiary/aromatic N) is 2. The first kappa shape index (κ1) is 26.2. The molecule has 5 rings (SSSR count). The molecule has 3 aromatic rings. The third kappa shape index (κ3) is 6.72. The molecule has 1 aliphatic carbocycles. The number of carbonyl (C=O) groups is 2. The van der Waals surface area contributed by atoms with Gasteiger partial charge in [-0.3, -0.25) is 9.59 Å². The summed E-state index contributed by atoms with van der Waals surface area (Å²) in [6, 6.07) is 16.5. The van der Waals surface area contributed by atoms with Gasteiger partial charge in [-0.2, -0.15) is 0 Å². The summed E-state index contributed by atoms with van der Waals surface area (Å²) in [5, 5.41) is 3.13. The van der Waals surface area contributed by atoms with Gasteiger partial charge in [0.15, 0.2) is 10.9 Å². The molecule has 2 aromatic carbocycles. The van der Waals surface area contributed by atoms with Crippen LogP contribution in [0.3, 0.4) is 0 Å². The van der Waals surface area contributed by atoms with Crippen LogP contribution < -0.4 is 19.7 Å². The SMILES string of the molecule is CC(=O)Nc1nc(C)c(C(=O)C[C@@H](C)c2ccc(OC3CCN(c4ccc(OCC5CC5)cc4)C3)cc2)s1. The van der Waals surface area contributed by atoms with Crippen molar-refractivity contribution in [2.45, 2.75) is 58.5 Å². The maximum absolute atomic E-state index is 12.9. The summed E-state index contributed by atoms with van der Waals surface area (Å²) >= 11 is 1.23. The summed E-state index contributed by atoms with van der Waals surface area (Å²) in [6.45, 7) is 7.93. The molecule has 1 amide bonds. The Labute approximate surface area is 228 Å². The van der Waals surface area contributed by atoms with Crippen LogP contribution in [0, 0.1) is 12.8 Å². The quantitative estimate of drug-likeness (QED) is 0.294. The molecular formula is C30H35N3O4S. The van der Waals surface area contributed by atoms with Crippen molar-refractivity contribution in [3.8, 4) is 11.5 Å². The average molecular weight is 534 g/mol. The lowest BCUT2D eigenvalue weighted by atomic mass is 9.95. The molecule has 2 fully saturated rings. The number of Topliss-reactive ketones (excluding diaryl/α,β-unsaturated/α-hetero) is 1. The molecule has 200 valence electrons. The summed E-state index contributed by atoms with van der Waals surface area (Å²) < 4.78 is 12.1. The van der Waals surface area contributed by atoms with E-state index in [1.807, 2.05) is 24.3 Å². The molecule has 1 N–H and O–H groups in total. The van der Waals surface area contributed by atoms with Gasteiger partial charge in [0.25, 0.3) is 0 Å². The smallest absolute Gasteiger partial charge is 0.223 e. The molecule has 1 saturated carbocycles. The number of ether oxygens (including phenoxy) is 2. The van der Waals surface area contributed by atoms with E-state index in [9.17, 15) is 9.59 Å². The third-order valence-electron chi connectivity index (χ3n) is 7.11. The highest BCUT2D eigenvalue weighted by Gasteiger charge is 2.25. The molecule has 0 bridgehead atoms. The number of nitrogens with one attached hydrogen (secondary N) is 1. The Morgan fingerprint density at radius 2 is 1.79 bits per heavy atom. The van der Waals surface area contributed by atoms with Crippen molar-refractivity contribution in [1.82, 2.24) is 4.98 Å². The number of benzene rings is 2. The van der Waals surface area contributed by atoms with Crippen LogP contribution in [0.15, 0.2) is 48.5 Å². The first-order chi connectivity index (χ1) is 18.3. The van der Waals surface area contributed by atoms with Gasteiger partial charge >= 0.3 is 0 Å². The van der Waals surface area contributed by atoms with E-state index in [1.165, 1.54) is 36.8 Å². The number of amides is 1. The van der Waals surface area contributed by atoms with Crippen LogP contribution in [0.1, 0.15) is 66.4 Å². The van der Waals surface area contributed by atoms with Gasteiger partial charge in [0.05, 0.1) is 23.7 Å². The maximum atomic E-state index is 12.9. The highest BCUT2D eigenvalue weighted by atomic mass is 32.1. The van der Waals surface area contributed by atoms with Crippen LogP contribution in [0.5, 0.6) is 11.5 Å². The summed E-state index contributed by atoms with van der Waals surface area (Å²) in [6.07, 6.45) is 4.08. The minimum atomic E-state index is -0.193. The van der Waals surface area contributed by atoms with Gasteiger partial charge in [-0.1, -0.05) is 30.4 Å². The van der Waals surface area contributed by atoms with E-state index in [2.05, 4.69) is 46.4 Å². The second kappa shape index (κ2) is 11.6. The van der Waals surface area contributed by atoms with Crippen LogP contribution in [0.2, 0.25) is 0 Å². The van der Waals surface area contributed by atoms with Gasteiger partial charge < -0.3 is 19.7 Å². The molecule has 0 radical (unpaired) electrons. The first-order valence-corrected chi connectivity index (χ1v) is 14.2. The Balaban J connectivity index is 1.11. The predicted octanol–water partition coefficient (Wildman–Crippen LogP) is 6.23. The van der Waals surface area contributed by atoms with Gasteiger partial charge in [0, 0.05) is 32.0 Å². The topological polar surface area (TPSA) is 80.8 Å². The van der Waals surface area contributed by atoms with Crippen LogP contribution in [-0.2, 0) is 4.79 Å². The molecule has 1 saturated heterocycles. The number of hydrogen-bond acceptors (Lipinski definition) is 7. The lowest BCUT2D eigenvalue weighted by molar-refractivity contribution is -0.114. The van der Waals surface area contributed by atoms with E-state index in [4.69, 9.17) is 9.47 Å². The van der Waals surface area contributed by atoms with E-state index >= 15 is 0 Å². The Hall–Kier alpha value is -3.39. The lowest BCUT2D eigenvalue weighted by Crippen LogP contribution is -2.24. The van der Waals surface area contributed by atoms with E-state index in [0.29, 0.717) is 22.1 Å². The zero-order valence-corrected chi connectivity index (χ0v) is 23.1. The fourth-order valence-electron chi connectivity index (χ4n) is 4.73. The van der Waals surface area contributed by atoms with Crippen molar-refractivity contribution in [2.75, 3.05) is 29.9 Å². The van der Waals surface area contributed by atoms with Crippen LogP contribution >= 0.6 is 11.3 Å². The number of hydrogen-bond donors (Lipinski definition) is 1. The summed E-state index contributed by atoms with van der Waals surface area (Å²) in [5.74, 6) is 2.45. The van der Waals surface area contributed by atoms with E-state index in [0.717, 1.165) is 49.1 Å². The Morgan fingerprint density at radius 3 is 2.47 bits per heavy atom. The fourth-order valence-corrected chi connectivity index (χ4v) is 5.69. The van der Waals surface area contributed by atoms with Gasteiger partial charge in [-0.15, -0.1) is 0 Å². The number of carbonyl (C=O) groups excluding carboxylic acids is 2. The minimum Gasteiger partial charge on any atom is -0.493 e. The van der Waals surface area contributed by atoms with Gasteiger partial charge in [0.1, 0.15) is 17.6 Å². The molecule has 38 heavy (non-hydrogen) atoms. The zero-order chi connectivity index (χ0) is 26.6. The fraction of sp³-hybridized carbons (Fsp3) is 0.433.